The van der Waals surface area contributed by atoms with E-state index in [0.29, 0.717) is 43.6 Å². The van der Waals surface area contributed by atoms with Crippen molar-refractivity contribution < 1.29 is 32.2 Å². The Kier molecular flexibility index (Phi) is 6.42. The average Bonchev–Trinajstić information content (AvgIpc) is 3.21. The number of likely N-dealkylation sites (tertiary alicyclic amines) is 1. The first-order valence-corrected chi connectivity index (χ1v) is 12.5. The molecule has 0 radical (unpaired) electrons. The number of halogens is 4. The zero-order valence-electron chi connectivity index (χ0n) is 20.7. The monoisotopic (exact) mass is 519 g/mol. The molecule has 198 valence electrons. The number of hydrogen-bond acceptors (Lipinski definition) is 4. The maximum atomic E-state index is 15.3. The van der Waals surface area contributed by atoms with Crippen molar-refractivity contribution in [1.29, 1.82) is 0 Å². The van der Waals surface area contributed by atoms with Gasteiger partial charge in [-0.2, -0.15) is 0 Å². The van der Waals surface area contributed by atoms with Gasteiger partial charge in [0.2, 0.25) is 0 Å². The Morgan fingerprint density at radius 3 is 2.43 bits per heavy atom. The minimum Gasteiger partial charge on any atom is -0.406 e. The number of alkyl halides is 3. The van der Waals surface area contributed by atoms with Gasteiger partial charge in [-0.05, 0) is 87.6 Å². The van der Waals surface area contributed by atoms with E-state index >= 15 is 4.39 Å². The summed E-state index contributed by atoms with van der Waals surface area (Å²) < 4.78 is 56.3. The van der Waals surface area contributed by atoms with Crippen LogP contribution < -0.4 is 4.74 Å². The first-order valence-electron chi connectivity index (χ1n) is 12.5. The van der Waals surface area contributed by atoms with Gasteiger partial charge in [0.15, 0.2) is 0 Å². The van der Waals surface area contributed by atoms with Crippen molar-refractivity contribution in [3.63, 3.8) is 0 Å². The molecule has 37 heavy (non-hydrogen) atoms. The first kappa shape index (κ1) is 25.5. The summed E-state index contributed by atoms with van der Waals surface area (Å²) in [6, 6.07) is 4.86. The van der Waals surface area contributed by atoms with Gasteiger partial charge in [-0.25, -0.2) is 9.37 Å². The summed E-state index contributed by atoms with van der Waals surface area (Å²) in [4.78, 5) is 22.3. The Hall–Kier alpha value is -3.14. The molecule has 1 aliphatic heterocycles. The van der Waals surface area contributed by atoms with E-state index in [-0.39, 0.29) is 34.9 Å². The Morgan fingerprint density at radius 1 is 1.14 bits per heavy atom. The van der Waals surface area contributed by atoms with Crippen LogP contribution in [0.5, 0.6) is 5.75 Å². The van der Waals surface area contributed by atoms with Gasteiger partial charge in [-0.1, -0.05) is 0 Å². The van der Waals surface area contributed by atoms with Gasteiger partial charge < -0.3 is 19.7 Å². The van der Waals surface area contributed by atoms with Gasteiger partial charge in [-0.3, -0.25) is 4.79 Å². The predicted octanol–water partition coefficient (Wildman–Crippen LogP) is 5.50. The summed E-state index contributed by atoms with van der Waals surface area (Å²) in [5, 5.41) is 11.4. The van der Waals surface area contributed by atoms with Crippen molar-refractivity contribution in [2.24, 2.45) is 5.92 Å². The number of aromatic amines is 1. The number of aromatic nitrogens is 2. The molecule has 3 heterocycles. The number of hydrogen-bond donors (Lipinski definition) is 2. The number of aliphatic hydroxyl groups is 1. The van der Waals surface area contributed by atoms with Crippen LogP contribution in [0.3, 0.4) is 0 Å². The molecule has 0 saturated carbocycles. The lowest BCUT2D eigenvalue weighted by atomic mass is 9.76. The zero-order valence-corrected chi connectivity index (χ0v) is 20.7. The number of H-pyrrole nitrogens is 1. The third-order valence-electron chi connectivity index (χ3n) is 7.72. The molecule has 0 unspecified atom stereocenters. The molecule has 6 nitrogen and oxygen atoms in total. The highest BCUT2D eigenvalue weighted by Gasteiger charge is 2.35. The van der Waals surface area contributed by atoms with Crippen molar-refractivity contribution in [3.05, 3.63) is 58.7 Å². The van der Waals surface area contributed by atoms with E-state index in [1.165, 1.54) is 18.3 Å². The van der Waals surface area contributed by atoms with Crippen molar-refractivity contribution >= 4 is 16.9 Å². The van der Waals surface area contributed by atoms with Crippen LogP contribution in [0.2, 0.25) is 0 Å². The fourth-order valence-corrected chi connectivity index (χ4v) is 5.73. The van der Waals surface area contributed by atoms with E-state index < -0.39 is 12.0 Å². The van der Waals surface area contributed by atoms with E-state index in [9.17, 15) is 23.1 Å². The van der Waals surface area contributed by atoms with Crippen LogP contribution in [0.1, 0.15) is 66.2 Å². The van der Waals surface area contributed by atoms with Crippen LogP contribution in [0.15, 0.2) is 30.5 Å². The van der Waals surface area contributed by atoms with Crippen molar-refractivity contribution in [2.75, 3.05) is 13.1 Å². The summed E-state index contributed by atoms with van der Waals surface area (Å²) in [6.45, 7) is 4.40. The molecule has 1 saturated heterocycles. The molecule has 2 N–H and O–H groups in total. The third kappa shape index (κ3) is 5.16. The quantitative estimate of drug-likeness (QED) is 0.447. The minimum absolute atomic E-state index is 0.0579. The second kappa shape index (κ2) is 9.31. The number of carbonyl (C=O) groups is 1. The number of amides is 1. The van der Waals surface area contributed by atoms with Crippen molar-refractivity contribution in [3.8, 4) is 5.75 Å². The Labute approximate surface area is 211 Å². The molecule has 1 aromatic carbocycles. The average molecular weight is 520 g/mol. The second-order valence-corrected chi connectivity index (χ2v) is 10.6. The maximum Gasteiger partial charge on any atom is 0.573 e. The number of rotatable bonds is 4. The number of nitrogens with zero attached hydrogens (tertiary/aromatic N) is 2. The molecule has 1 atom stereocenters. The molecule has 0 bridgehead atoms. The van der Waals surface area contributed by atoms with Gasteiger partial charge in [0, 0.05) is 35.3 Å². The summed E-state index contributed by atoms with van der Waals surface area (Å²) in [5.41, 5.74) is 2.75. The molecule has 0 spiro atoms. The molecular formula is C27H29F4N3O3. The normalized spacial score (nSPS) is 19.2. The first-order chi connectivity index (χ1) is 17.4. The van der Waals surface area contributed by atoms with Crippen LogP contribution >= 0.6 is 0 Å². The van der Waals surface area contributed by atoms with E-state index in [1.807, 2.05) is 0 Å². The third-order valence-corrected chi connectivity index (χ3v) is 7.72. The van der Waals surface area contributed by atoms with E-state index in [0.717, 1.165) is 41.6 Å². The largest absolute Gasteiger partial charge is 0.573 e. The number of nitrogens with one attached hydrogen (secondary N) is 1. The Bertz CT molecular complexity index is 1300. The molecule has 5 rings (SSSR count). The number of benzene rings is 1. The molecule has 1 fully saturated rings. The Morgan fingerprint density at radius 2 is 1.81 bits per heavy atom. The number of pyridine rings is 1. The SMILES string of the molecule is CC(C)(O)[C@H]1CCc2[nH]c3ncc(F)c(C4CCN(C(=O)c5ccc(OC(F)(F)F)cc5)CC4)c3c2C1. The fourth-order valence-electron chi connectivity index (χ4n) is 5.73. The lowest BCUT2D eigenvalue weighted by Gasteiger charge is -2.34. The molecule has 3 aromatic rings. The minimum atomic E-state index is -4.80. The van der Waals surface area contributed by atoms with E-state index in [2.05, 4.69) is 14.7 Å². The highest BCUT2D eigenvalue weighted by Crippen LogP contribution is 2.41. The highest BCUT2D eigenvalue weighted by molar-refractivity contribution is 5.94. The second-order valence-electron chi connectivity index (χ2n) is 10.6. The summed E-state index contributed by atoms with van der Waals surface area (Å²) in [5.74, 6) is -1.10. The van der Waals surface area contributed by atoms with Crippen LogP contribution in [0.4, 0.5) is 17.6 Å². The van der Waals surface area contributed by atoms with Crippen LogP contribution in [0.25, 0.3) is 11.0 Å². The van der Waals surface area contributed by atoms with Gasteiger partial charge >= 0.3 is 6.36 Å². The molecule has 2 aliphatic rings. The van der Waals surface area contributed by atoms with Gasteiger partial charge in [0.1, 0.15) is 17.2 Å². The molecule has 1 aliphatic carbocycles. The van der Waals surface area contributed by atoms with Crippen LogP contribution in [-0.2, 0) is 12.8 Å². The Balaban J connectivity index is 1.34. The van der Waals surface area contributed by atoms with Gasteiger partial charge in [0.25, 0.3) is 5.91 Å². The highest BCUT2D eigenvalue weighted by atomic mass is 19.4. The topological polar surface area (TPSA) is 78.5 Å². The molecule has 10 heteroatoms. The lowest BCUT2D eigenvalue weighted by Crippen LogP contribution is -2.38. The van der Waals surface area contributed by atoms with E-state index in [4.69, 9.17) is 0 Å². The standard InChI is InChI=1S/C27H29F4N3O3/c1-26(2,36)17-5-8-21-19(13-17)23-22(20(28)14-32-24(23)33-21)15-9-11-34(12-10-15)25(35)16-3-6-18(7-4-16)37-27(29,30)31/h3-4,6-7,14-15,17,36H,5,8-13H2,1-2H3,(H,32,33)/t17-/m0/s1. The number of aryl methyl sites for hydroxylation is 1. The van der Waals surface area contributed by atoms with Crippen LogP contribution in [-0.4, -0.2) is 50.9 Å². The maximum absolute atomic E-state index is 15.3. The molecular weight excluding hydrogens is 490 g/mol. The number of ether oxygens (including phenoxy) is 1. The molecule has 1 amide bonds. The lowest BCUT2D eigenvalue weighted by molar-refractivity contribution is -0.274. The number of fused-ring (bicyclic) bond motifs is 3. The van der Waals surface area contributed by atoms with Crippen LogP contribution in [0, 0.1) is 11.7 Å². The predicted molar refractivity (Wildman–Crippen MR) is 129 cm³/mol. The summed E-state index contributed by atoms with van der Waals surface area (Å²) in [6.07, 6.45) is -0.212. The summed E-state index contributed by atoms with van der Waals surface area (Å²) >= 11 is 0. The molecule has 2 aromatic heterocycles. The summed E-state index contributed by atoms with van der Waals surface area (Å²) in [7, 11) is 0. The van der Waals surface area contributed by atoms with E-state index in [1.54, 1.807) is 18.7 Å². The van der Waals surface area contributed by atoms with Crippen molar-refractivity contribution in [1.82, 2.24) is 14.9 Å². The smallest absolute Gasteiger partial charge is 0.406 e. The number of carbonyl (C=O) groups excluding carboxylic acids is 1. The zero-order chi connectivity index (χ0) is 26.5. The van der Waals surface area contributed by atoms with Gasteiger partial charge in [0.05, 0.1) is 11.8 Å². The number of piperidine rings is 1. The van der Waals surface area contributed by atoms with Gasteiger partial charge in [-0.15, -0.1) is 13.2 Å². The fraction of sp³-hybridized carbons (Fsp3) is 0.481. The van der Waals surface area contributed by atoms with Crippen molar-refractivity contribution in [2.45, 2.75) is 63.8 Å².